The highest BCUT2D eigenvalue weighted by molar-refractivity contribution is 5.72. The normalized spacial score (nSPS) is 24.2. The van der Waals surface area contributed by atoms with Gasteiger partial charge in [0.05, 0.1) is 0 Å². The molecule has 0 aromatic heterocycles. The molecule has 0 bridgehead atoms. The predicted octanol–water partition coefficient (Wildman–Crippen LogP) is 4.59. The number of hydrogen-bond acceptors (Lipinski definition) is 1. The molecule has 116 valence electrons. The number of carbonyl (C=O) groups is 1. The molecular weight excluding hydrogens is 248 g/mol. The Morgan fingerprint density at radius 1 is 0.650 bits per heavy atom. The van der Waals surface area contributed by atoms with Gasteiger partial charge in [0.15, 0.2) is 0 Å². The summed E-state index contributed by atoms with van der Waals surface area (Å²) in [5.74, 6) is 0. The highest BCUT2D eigenvalue weighted by atomic mass is 16.2. The second kappa shape index (κ2) is 8.53. The molecule has 2 amide bonds. The second-order valence-corrected chi connectivity index (χ2v) is 6.74. The lowest BCUT2D eigenvalue weighted by atomic mass is 9.91. The van der Waals surface area contributed by atoms with Crippen LogP contribution in [0.3, 0.4) is 0 Å². The lowest BCUT2D eigenvalue weighted by Gasteiger charge is -2.39. The van der Waals surface area contributed by atoms with Crippen LogP contribution in [0.5, 0.6) is 0 Å². The van der Waals surface area contributed by atoms with Gasteiger partial charge in [0.25, 0.3) is 0 Å². The number of urea groups is 1. The zero-order valence-electron chi connectivity index (χ0n) is 13.0. The summed E-state index contributed by atoms with van der Waals surface area (Å²) in [6.45, 7) is 0. The molecule has 3 nitrogen and oxygen atoms in total. The maximum Gasteiger partial charge on any atom is 0.315 e. The SMILES string of the molecule is NC(=O)N(C1CCCCCCC1)C1CCCCCCC1. The molecule has 0 radical (unpaired) electrons. The number of hydrogen-bond donors (Lipinski definition) is 1. The Hall–Kier alpha value is -0.730. The minimum atomic E-state index is -0.166. The van der Waals surface area contributed by atoms with Crippen molar-refractivity contribution in [2.24, 2.45) is 5.73 Å². The van der Waals surface area contributed by atoms with E-state index in [1.54, 1.807) is 0 Å². The molecule has 2 saturated carbocycles. The summed E-state index contributed by atoms with van der Waals surface area (Å²) < 4.78 is 0. The van der Waals surface area contributed by atoms with E-state index in [4.69, 9.17) is 5.73 Å². The number of nitrogens with zero attached hydrogens (tertiary/aromatic N) is 1. The molecule has 0 heterocycles. The highest BCUT2D eigenvalue weighted by Crippen LogP contribution is 2.28. The van der Waals surface area contributed by atoms with Crippen molar-refractivity contribution < 1.29 is 4.79 Å². The average molecular weight is 280 g/mol. The van der Waals surface area contributed by atoms with Gasteiger partial charge in [0.1, 0.15) is 0 Å². The van der Waals surface area contributed by atoms with Gasteiger partial charge < -0.3 is 10.6 Å². The highest BCUT2D eigenvalue weighted by Gasteiger charge is 2.29. The first-order chi connectivity index (χ1) is 9.79. The number of primary amides is 1. The number of rotatable bonds is 2. The van der Waals surface area contributed by atoms with Crippen LogP contribution in [0.2, 0.25) is 0 Å². The largest absolute Gasteiger partial charge is 0.351 e. The maximum absolute atomic E-state index is 12.0. The lowest BCUT2D eigenvalue weighted by molar-refractivity contribution is 0.121. The molecule has 0 spiro atoms. The predicted molar refractivity (Wildman–Crippen MR) is 83.6 cm³/mol. The zero-order valence-corrected chi connectivity index (χ0v) is 13.0. The quantitative estimate of drug-likeness (QED) is 0.790. The van der Waals surface area contributed by atoms with E-state index in [1.807, 2.05) is 0 Å². The van der Waals surface area contributed by atoms with Gasteiger partial charge in [-0.3, -0.25) is 0 Å². The second-order valence-electron chi connectivity index (χ2n) is 6.74. The lowest BCUT2D eigenvalue weighted by Crippen LogP contribution is -2.50. The van der Waals surface area contributed by atoms with Crippen LogP contribution in [0.25, 0.3) is 0 Å². The van der Waals surface area contributed by atoms with Crippen molar-refractivity contribution in [3.05, 3.63) is 0 Å². The van der Waals surface area contributed by atoms with Gasteiger partial charge >= 0.3 is 6.03 Å². The van der Waals surface area contributed by atoms with Crippen molar-refractivity contribution in [1.29, 1.82) is 0 Å². The molecule has 20 heavy (non-hydrogen) atoms. The van der Waals surface area contributed by atoms with E-state index >= 15 is 0 Å². The zero-order chi connectivity index (χ0) is 14.2. The van der Waals surface area contributed by atoms with Crippen LogP contribution in [-0.2, 0) is 0 Å². The van der Waals surface area contributed by atoms with Gasteiger partial charge in [-0.05, 0) is 25.7 Å². The van der Waals surface area contributed by atoms with Crippen LogP contribution in [0, 0.1) is 0 Å². The smallest absolute Gasteiger partial charge is 0.315 e. The minimum absolute atomic E-state index is 0.166. The summed E-state index contributed by atoms with van der Waals surface area (Å²) >= 11 is 0. The number of carbonyl (C=O) groups excluding carboxylic acids is 1. The molecule has 0 aliphatic heterocycles. The molecular formula is C17H32N2O. The fourth-order valence-corrected chi connectivity index (χ4v) is 4.08. The third-order valence-corrected chi connectivity index (χ3v) is 5.19. The molecule has 0 atom stereocenters. The van der Waals surface area contributed by atoms with Gasteiger partial charge in [-0.15, -0.1) is 0 Å². The minimum Gasteiger partial charge on any atom is -0.351 e. The van der Waals surface area contributed by atoms with E-state index in [0.29, 0.717) is 12.1 Å². The molecule has 2 aliphatic carbocycles. The van der Waals surface area contributed by atoms with E-state index in [0.717, 1.165) is 0 Å². The fourth-order valence-electron chi connectivity index (χ4n) is 4.08. The Kier molecular flexibility index (Phi) is 6.68. The van der Waals surface area contributed by atoms with E-state index in [-0.39, 0.29) is 6.03 Å². The number of amides is 2. The Bertz CT molecular complexity index is 255. The third-order valence-electron chi connectivity index (χ3n) is 5.19. The summed E-state index contributed by atoms with van der Waals surface area (Å²) in [4.78, 5) is 14.1. The molecule has 0 aromatic rings. The first-order valence-electron chi connectivity index (χ1n) is 8.87. The van der Waals surface area contributed by atoms with Crippen molar-refractivity contribution in [3.8, 4) is 0 Å². The molecule has 2 fully saturated rings. The van der Waals surface area contributed by atoms with Crippen LogP contribution >= 0.6 is 0 Å². The molecule has 2 rings (SSSR count). The van der Waals surface area contributed by atoms with Crippen molar-refractivity contribution >= 4 is 6.03 Å². The Morgan fingerprint density at radius 3 is 1.25 bits per heavy atom. The first-order valence-corrected chi connectivity index (χ1v) is 8.87. The van der Waals surface area contributed by atoms with Crippen LogP contribution < -0.4 is 5.73 Å². The third kappa shape index (κ3) is 4.68. The summed E-state index contributed by atoms with van der Waals surface area (Å²) in [5, 5.41) is 0. The van der Waals surface area contributed by atoms with E-state index < -0.39 is 0 Å². The topological polar surface area (TPSA) is 46.3 Å². The van der Waals surface area contributed by atoms with Gasteiger partial charge in [0, 0.05) is 12.1 Å². The summed E-state index contributed by atoms with van der Waals surface area (Å²) in [5.41, 5.74) is 5.77. The summed E-state index contributed by atoms with van der Waals surface area (Å²) in [6.07, 6.45) is 17.8. The van der Waals surface area contributed by atoms with Crippen molar-refractivity contribution in [2.45, 2.75) is 102 Å². The Labute approximate surface area is 124 Å². The fraction of sp³-hybridized carbons (Fsp3) is 0.941. The molecule has 0 unspecified atom stereocenters. The van der Waals surface area contributed by atoms with Crippen molar-refractivity contribution in [3.63, 3.8) is 0 Å². The monoisotopic (exact) mass is 280 g/mol. The van der Waals surface area contributed by atoms with E-state index in [2.05, 4.69) is 4.90 Å². The van der Waals surface area contributed by atoms with Gasteiger partial charge in [-0.1, -0.05) is 64.2 Å². The van der Waals surface area contributed by atoms with Gasteiger partial charge in [0.2, 0.25) is 0 Å². The molecule has 2 aliphatic rings. The maximum atomic E-state index is 12.0. The average Bonchev–Trinajstić information content (AvgIpc) is 2.33. The molecule has 3 heteroatoms. The van der Waals surface area contributed by atoms with E-state index in [1.165, 1.54) is 89.9 Å². The van der Waals surface area contributed by atoms with Gasteiger partial charge in [-0.2, -0.15) is 0 Å². The molecule has 0 aromatic carbocycles. The van der Waals surface area contributed by atoms with Gasteiger partial charge in [-0.25, -0.2) is 4.79 Å². The number of nitrogens with two attached hydrogens (primary N) is 1. The Morgan fingerprint density at radius 2 is 0.950 bits per heavy atom. The first kappa shape index (κ1) is 15.7. The van der Waals surface area contributed by atoms with Crippen LogP contribution in [-0.4, -0.2) is 23.0 Å². The van der Waals surface area contributed by atoms with Crippen molar-refractivity contribution in [2.75, 3.05) is 0 Å². The van der Waals surface area contributed by atoms with Crippen LogP contribution in [0.1, 0.15) is 89.9 Å². The van der Waals surface area contributed by atoms with E-state index in [9.17, 15) is 4.79 Å². The Balaban J connectivity index is 2.00. The molecule has 2 N–H and O–H groups in total. The van der Waals surface area contributed by atoms with Crippen LogP contribution in [0.15, 0.2) is 0 Å². The molecule has 0 saturated heterocycles. The standard InChI is InChI=1S/C17H32N2O/c18-17(20)19(15-11-7-3-1-4-8-12-15)16-13-9-5-2-6-10-14-16/h15-16H,1-14H2,(H2,18,20). The van der Waals surface area contributed by atoms with Crippen LogP contribution in [0.4, 0.5) is 4.79 Å². The summed E-state index contributed by atoms with van der Waals surface area (Å²) in [6, 6.07) is 0.663. The van der Waals surface area contributed by atoms with Crippen molar-refractivity contribution in [1.82, 2.24) is 4.90 Å². The summed E-state index contributed by atoms with van der Waals surface area (Å²) in [7, 11) is 0.